The molecule has 1 N–H and O–H groups in total. The van der Waals surface area contributed by atoms with Crippen LogP contribution in [0.4, 0.5) is 0 Å². The molecule has 0 unspecified atom stereocenters. The highest BCUT2D eigenvalue weighted by molar-refractivity contribution is 7.89. The molecule has 0 spiro atoms. The van der Waals surface area contributed by atoms with Gasteiger partial charge in [0, 0.05) is 33.4 Å². The Balaban J connectivity index is 2.01. The lowest BCUT2D eigenvalue weighted by Gasteiger charge is -2.18. The maximum Gasteiger partial charge on any atom is 0.330 e. The summed E-state index contributed by atoms with van der Waals surface area (Å²) in [5, 5.41) is 0. The van der Waals surface area contributed by atoms with Crippen molar-refractivity contribution in [3.05, 3.63) is 56.9 Å². The normalized spacial score (nSPS) is 11.8. The molecule has 0 aliphatic carbocycles. The minimum atomic E-state index is -4.07. The van der Waals surface area contributed by atoms with Gasteiger partial charge in [0.2, 0.25) is 10.0 Å². The van der Waals surface area contributed by atoms with E-state index in [9.17, 15) is 18.0 Å². The molecule has 29 heavy (non-hydrogen) atoms. The third-order valence-corrected chi connectivity index (χ3v) is 6.05. The fourth-order valence-corrected chi connectivity index (χ4v) is 3.93. The van der Waals surface area contributed by atoms with E-state index in [1.54, 1.807) is 24.3 Å². The van der Waals surface area contributed by atoms with Crippen LogP contribution in [0, 0.1) is 0 Å². The van der Waals surface area contributed by atoms with E-state index in [4.69, 9.17) is 4.74 Å². The van der Waals surface area contributed by atoms with E-state index in [2.05, 4.69) is 23.5 Å². The molecular weight excluding hydrogens is 396 g/mol. The Labute approximate surface area is 170 Å². The number of hydrogen-bond acceptors (Lipinski definition) is 6. The number of aryl methyl sites for hydroxylation is 1. The van der Waals surface area contributed by atoms with E-state index in [0.717, 1.165) is 35.0 Å². The zero-order valence-corrected chi connectivity index (χ0v) is 18.0. The Morgan fingerprint density at radius 1 is 1.07 bits per heavy atom. The second-order valence-corrected chi connectivity index (χ2v) is 8.33. The summed E-state index contributed by atoms with van der Waals surface area (Å²) in [5.41, 5.74) is -0.741. The van der Waals surface area contributed by atoms with Crippen molar-refractivity contribution in [2.45, 2.75) is 25.3 Å². The number of sulfonamides is 1. The standard InChI is InChI=1S/C19H28N4O5S/c1-5-23(6-2)11-12-28-16-9-7-15(8-10-16)13-20-29(26,27)17-14-21(3)19(25)22(4)18(17)24/h7-10,14,20H,5-6,11-13H2,1-4H3. The molecule has 0 aliphatic heterocycles. The minimum Gasteiger partial charge on any atom is -0.492 e. The summed E-state index contributed by atoms with van der Waals surface area (Å²) in [6.45, 7) is 7.56. The van der Waals surface area contributed by atoms with Crippen LogP contribution in [0.1, 0.15) is 19.4 Å². The first kappa shape index (κ1) is 22.9. The molecule has 0 amide bonds. The molecule has 1 heterocycles. The van der Waals surface area contributed by atoms with Gasteiger partial charge in [-0.3, -0.25) is 9.36 Å². The molecule has 0 aliphatic rings. The summed E-state index contributed by atoms with van der Waals surface area (Å²) < 4.78 is 34.9. The molecule has 160 valence electrons. The number of nitrogens with zero attached hydrogens (tertiary/aromatic N) is 3. The van der Waals surface area contributed by atoms with Crippen LogP contribution in [0.25, 0.3) is 0 Å². The molecule has 0 saturated carbocycles. The predicted molar refractivity (Wildman–Crippen MR) is 111 cm³/mol. The summed E-state index contributed by atoms with van der Waals surface area (Å²) in [6.07, 6.45) is 1.03. The largest absolute Gasteiger partial charge is 0.492 e. The molecule has 0 saturated heterocycles. The smallest absolute Gasteiger partial charge is 0.330 e. The van der Waals surface area contributed by atoms with Crippen LogP contribution in [0.15, 0.2) is 44.9 Å². The van der Waals surface area contributed by atoms with Crippen LogP contribution in [-0.2, 0) is 30.7 Å². The van der Waals surface area contributed by atoms with Gasteiger partial charge in [0.25, 0.3) is 5.56 Å². The summed E-state index contributed by atoms with van der Waals surface area (Å²) in [4.78, 5) is 25.7. The number of nitrogens with one attached hydrogen (secondary N) is 1. The average Bonchev–Trinajstić information content (AvgIpc) is 2.71. The molecule has 0 fully saturated rings. The van der Waals surface area contributed by atoms with Gasteiger partial charge < -0.3 is 14.2 Å². The summed E-state index contributed by atoms with van der Waals surface area (Å²) in [7, 11) is -1.44. The molecule has 9 nitrogen and oxygen atoms in total. The van der Waals surface area contributed by atoms with Crippen LogP contribution in [-0.4, -0.2) is 48.7 Å². The second-order valence-electron chi connectivity index (χ2n) is 6.59. The van der Waals surface area contributed by atoms with Crippen LogP contribution >= 0.6 is 0 Å². The van der Waals surface area contributed by atoms with Gasteiger partial charge in [-0.15, -0.1) is 0 Å². The Morgan fingerprint density at radius 2 is 1.69 bits per heavy atom. The van der Waals surface area contributed by atoms with Gasteiger partial charge in [0.1, 0.15) is 12.4 Å². The van der Waals surface area contributed by atoms with Crippen LogP contribution in [0.5, 0.6) is 5.75 Å². The number of hydrogen-bond donors (Lipinski definition) is 1. The predicted octanol–water partition coefficient (Wildman–Crippen LogP) is 0.283. The summed E-state index contributed by atoms with van der Waals surface area (Å²) in [5.74, 6) is 0.704. The number of aromatic nitrogens is 2. The van der Waals surface area contributed by atoms with E-state index in [0.29, 0.717) is 17.9 Å². The highest BCUT2D eigenvalue weighted by atomic mass is 32.2. The third kappa shape index (κ3) is 5.78. The zero-order chi connectivity index (χ0) is 21.6. The zero-order valence-electron chi connectivity index (χ0n) is 17.2. The van der Waals surface area contributed by atoms with E-state index in [-0.39, 0.29) is 6.54 Å². The van der Waals surface area contributed by atoms with Gasteiger partial charge in [0.05, 0.1) is 0 Å². The van der Waals surface area contributed by atoms with Crippen LogP contribution in [0.2, 0.25) is 0 Å². The highest BCUT2D eigenvalue weighted by Crippen LogP contribution is 2.13. The molecule has 0 atom stereocenters. The van der Waals surface area contributed by atoms with Gasteiger partial charge in [-0.1, -0.05) is 26.0 Å². The fraction of sp³-hybridized carbons (Fsp3) is 0.474. The number of rotatable bonds is 10. The molecule has 1 aromatic heterocycles. The van der Waals surface area contributed by atoms with Gasteiger partial charge >= 0.3 is 5.69 Å². The van der Waals surface area contributed by atoms with E-state index in [1.165, 1.54) is 14.1 Å². The molecule has 0 radical (unpaired) electrons. The van der Waals surface area contributed by atoms with Gasteiger partial charge in [0.15, 0.2) is 4.90 Å². The van der Waals surface area contributed by atoms with Gasteiger partial charge in [-0.05, 0) is 30.8 Å². The third-order valence-electron chi connectivity index (χ3n) is 4.66. The molecular formula is C19H28N4O5S. The molecule has 2 aromatic rings. The fourth-order valence-electron chi connectivity index (χ4n) is 2.75. The second kappa shape index (κ2) is 9.86. The Hall–Kier alpha value is -2.43. The van der Waals surface area contributed by atoms with E-state index >= 15 is 0 Å². The summed E-state index contributed by atoms with van der Waals surface area (Å²) in [6, 6.07) is 7.07. The molecule has 2 rings (SSSR count). The quantitative estimate of drug-likeness (QED) is 0.588. The van der Waals surface area contributed by atoms with Crippen molar-refractivity contribution >= 4 is 10.0 Å². The lowest BCUT2D eigenvalue weighted by molar-refractivity contribution is 0.223. The molecule has 10 heteroatoms. The number of ether oxygens (including phenoxy) is 1. The first-order valence-corrected chi connectivity index (χ1v) is 10.9. The highest BCUT2D eigenvalue weighted by Gasteiger charge is 2.21. The van der Waals surface area contributed by atoms with E-state index in [1.807, 2.05) is 0 Å². The Morgan fingerprint density at radius 3 is 2.28 bits per heavy atom. The molecule has 0 bridgehead atoms. The summed E-state index contributed by atoms with van der Waals surface area (Å²) >= 11 is 0. The minimum absolute atomic E-state index is 0.00799. The van der Waals surface area contributed by atoms with Crippen molar-refractivity contribution in [2.75, 3.05) is 26.2 Å². The first-order chi connectivity index (χ1) is 13.7. The van der Waals surface area contributed by atoms with Crippen molar-refractivity contribution in [3.8, 4) is 5.75 Å². The number of likely N-dealkylation sites (N-methyl/N-ethyl adjacent to an activating group) is 1. The first-order valence-electron chi connectivity index (χ1n) is 9.40. The van der Waals surface area contributed by atoms with Crippen molar-refractivity contribution in [3.63, 3.8) is 0 Å². The topological polar surface area (TPSA) is 103 Å². The van der Waals surface area contributed by atoms with E-state index < -0.39 is 26.2 Å². The SMILES string of the molecule is CCN(CC)CCOc1ccc(CNS(=O)(=O)c2cn(C)c(=O)n(C)c2=O)cc1. The lowest BCUT2D eigenvalue weighted by atomic mass is 10.2. The maximum absolute atomic E-state index is 12.5. The van der Waals surface area contributed by atoms with Crippen LogP contribution < -0.4 is 20.7 Å². The van der Waals surface area contributed by atoms with Crippen molar-refractivity contribution < 1.29 is 13.2 Å². The monoisotopic (exact) mass is 424 g/mol. The average molecular weight is 425 g/mol. The van der Waals surface area contributed by atoms with Crippen molar-refractivity contribution in [1.29, 1.82) is 0 Å². The number of benzene rings is 1. The maximum atomic E-state index is 12.5. The van der Waals surface area contributed by atoms with Crippen molar-refractivity contribution in [2.24, 2.45) is 14.1 Å². The van der Waals surface area contributed by atoms with Gasteiger partial charge in [-0.25, -0.2) is 17.9 Å². The lowest BCUT2D eigenvalue weighted by Crippen LogP contribution is -2.41. The van der Waals surface area contributed by atoms with Crippen molar-refractivity contribution in [1.82, 2.24) is 18.8 Å². The Bertz CT molecular complexity index is 1040. The van der Waals surface area contributed by atoms with Crippen LogP contribution in [0.3, 0.4) is 0 Å². The Kier molecular flexibility index (Phi) is 7.77. The molecule has 1 aromatic carbocycles. The van der Waals surface area contributed by atoms with Gasteiger partial charge in [-0.2, -0.15) is 0 Å².